The van der Waals surface area contributed by atoms with Crippen LogP contribution in [-0.2, 0) is 0 Å². The molecule has 1 fully saturated rings. The topological polar surface area (TPSA) is 20.3 Å². The van der Waals surface area contributed by atoms with Crippen molar-refractivity contribution in [2.75, 3.05) is 18.2 Å². The number of rotatable bonds is 1. The summed E-state index contributed by atoms with van der Waals surface area (Å²) in [5, 5.41) is 0. The number of carbonyl (C=O) groups is 1. The average Bonchev–Trinajstić information content (AvgIpc) is 2.72. The lowest BCUT2D eigenvalue weighted by molar-refractivity contribution is 0.0807. The van der Waals surface area contributed by atoms with Gasteiger partial charge in [-0.2, -0.15) is 0 Å². The second-order valence-corrected chi connectivity index (χ2v) is 5.50. The maximum atomic E-state index is 11.7. The first-order valence-corrected chi connectivity index (χ1v) is 6.24. The highest BCUT2D eigenvalue weighted by molar-refractivity contribution is 7.99. The molecule has 1 saturated heterocycles. The number of halogens is 1. The first-order valence-electron chi connectivity index (χ1n) is 3.90. The van der Waals surface area contributed by atoms with Crippen molar-refractivity contribution in [2.24, 2.45) is 0 Å². The van der Waals surface area contributed by atoms with Crippen molar-refractivity contribution in [1.82, 2.24) is 4.90 Å². The van der Waals surface area contributed by atoms with Crippen molar-refractivity contribution in [3.05, 3.63) is 21.3 Å². The Labute approximate surface area is 89.9 Å². The molecule has 0 unspecified atom stereocenters. The van der Waals surface area contributed by atoms with Crippen LogP contribution in [0, 0.1) is 0 Å². The van der Waals surface area contributed by atoms with Gasteiger partial charge in [-0.15, -0.1) is 23.1 Å². The van der Waals surface area contributed by atoms with Crippen LogP contribution >= 0.6 is 34.7 Å². The summed E-state index contributed by atoms with van der Waals surface area (Å²) in [6, 6.07) is 3.56. The van der Waals surface area contributed by atoms with E-state index in [0.717, 1.165) is 23.1 Å². The molecule has 70 valence electrons. The molecule has 0 N–H and O–H groups in total. The number of hydrogen-bond acceptors (Lipinski definition) is 3. The summed E-state index contributed by atoms with van der Waals surface area (Å²) in [7, 11) is 0. The van der Waals surface area contributed by atoms with Crippen LogP contribution < -0.4 is 0 Å². The Balaban J connectivity index is 2.12. The Morgan fingerprint density at radius 1 is 1.54 bits per heavy atom. The van der Waals surface area contributed by atoms with Gasteiger partial charge in [0.05, 0.1) is 15.1 Å². The van der Waals surface area contributed by atoms with Crippen molar-refractivity contribution in [1.29, 1.82) is 0 Å². The molecule has 1 aliphatic rings. The molecule has 0 aromatic carbocycles. The third-order valence-electron chi connectivity index (χ3n) is 1.82. The van der Waals surface area contributed by atoms with Gasteiger partial charge in [-0.25, -0.2) is 0 Å². The summed E-state index contributed by atoms with van der Waals surface area (Å²) in [5.41, 5.74) is 0. The second-order valence-electron chi connectivity index (χ2n) is 2.71. The second kappa shape index (κ2) is 3.90. The summed E-state index contributed by atoms with van der Waals surface area (Å²) in [5.74, 6) is 1.97. The van der Waals surface area contributed by atoms with Gasteiger partial charge >= 0.3 is 0 Å². The van der Waals surface area contributed by atoms with E-state index in [1.807, 2.05) is 4.90 Å². The van der Waals surface area contributed by atoms with Crippen molar-refractivity contribution in [3.8, 4) is 0 Å². The summed E-state index contributed by atoms with van der Waals surface area (Å²) < 4.78 is 0.676. The summed E-state index contributed by atoms with van der Waals surface area (Å²) in [6.07, 6.45) is 0. The molecular weight excluding hydrogens is 226 g/mol. The fraction of sp³-hybridized carbons (Fsp3) is 0.375. The molecule has 0 bridgehead atoms. The monoisotopic (exact) mass is 233 g/mol. The van der Waals surface area contributed by atoms with Gasteiger partial charge in [-0.1, -0.05) is 11.6 Å². The van der Waals surface area contributed by atoms with Crippen LogP contribution in [0.3, 0.4) is 0 Å². The molecule has 2 rings (SSSR count). The number of thioether (sulfide) groups is 1. The fourth-order valence-corrected chi connectivity index (χ4v) is 3.12. The van der Waals surface area contributed by atoms with Gasteiger partial charge in [0, 0.05) is 12.3 Å². The molecule has 0 aliphatic carbocycles. The number of hydrogen-bond donors (Lipinski definition) is 0. The molecular formula is C8H8ClNOS2. The van der Waals surface area contributed by atoms with Gasteiger partial charge in [0.25, 0.3) is 5.91 Å². The molecule has 5 heteroatoms. The van der Waals surface area contributed by atoms with Crippen molar-refractivity contribution < 1.29 is 4.79 Å². The molecule has 0 radical (unpaired) electrons. The van der Waals surface area contributed by atoms with Gasteiger partial charge < -0.3 is 4.90 Å². The highest BCUT2D eigenvalue weighted by Crippen LogP contribution is 2.24. The first kappa shape index (κ1) is 9.37. The summed E-state index contributed by atoms with van der Waals surface area (Å²) in [6.45, 7) is 0.860. The minimum Gasteiger partial charge on any atom is -0.328 e. The normalized spacial score (nSPS) is 16.5. The van der Waals surface area contributed by atoms with Gasteiger partial charge in [-0.05, 0) is 12.1 Å². The highest BCUT2D eigenvalue weighted by Gasteiger charge is 2.20. The summed E-state index contributed by atoms with van der Waals surface area (Å²) in [4.78, 5) is 14.3. The Hall–Kier alpha value is -0.190. The largest absolute Gasteiger partial charge is 0.328 e. The predicted octanol–water partition coefficient (Wildman–Crippen LogP) is 2.55. The smallest absolute Gasteiger partial charge is 0.264 e. The zero-order valence-electron chi connectivity index (χ0n) is 6.83. The molecule has 2 heterocycles. The van der Waals surface area contributed by atoms with E-state index in [0.29, 0.717) is 4.34 Å². The molecule has 0 spiro atoms. The minimum absolute atomic E-state index is 0.113. The molecule has 0 saturated carbocycles. The zero-order chi connectivity index (χ0) is 9.26. The van der Waals surface area contributed by atoms with E-state index in [-0.39, 0.29) is 5.91 Å². The van der Waals surface area contributed by atoms with Crippen LogP contribution in [-0.4, -0.2) is 29.0 Å². The third-order valence-corrected chi connectivity index (χ3v) is 4.01. The zero-order valence-corrected chi connectivity index (χ0v) is 9.21. The van der Waals surface area contributed by atoms with Crippen LogP contribution in [0.4, 0.5) is 0 Å². The van der Waals surface area contributed by atoms with Crippen molar-refractivity contribution in [3.63, 3.8) is 0 Å². The number of carbonyl (C=O) groups excluding carboxylic acids is 1. The van der Waals surface area contributed by atoms with E-state index in [1.54, 1.807) is 23.9 Å². The molecule has 13 heavy (non-hydrogen) atoms. The quantitative estimate of drug-likeness (QED) is 0.743. The van der Waals surface area contributed by atoms with E-state index < -0.39 is 0 Å². The molecule has 0 atom stereocenters. The Morgan fingerprint density at radius 2 is 2.38 bits per heavy atom. The van der Waals surface area contributed by atoms with Gasteiger partial charge in [0.2, 0.25) is 0 Å². The van der Waals surface area contributed by atoms with E-state index in [9.17, 15) is 4.79 Å². The van der Waals surface area contributed by atoms with E-state index in [4.69, 9.17) is 11.6 Å². The minimum atomic E-state index is 0.113. The third kappa shape index (κ3) is 2.00. The SMILES string of the molecule is O=C(c1ccc(Cl)s1)N1CCSC1. The van der Waals surface area contributed by atoms with Crippen molar-refractivity contribution in [2.45, 2.75) is 0 Å². The van der Waals surface area contributed by atoms with Crippen LogP contribution in [0.5, 0.6) is 0 Å². The number of nitrogens with zero attached hydrogens (tertiary/aromatic N) is 1. The fourth-order valence-electron chi connectivity index (χ4n) is 1.16. The van der Waals surface area contributed by atoms with Crippen molar-refractivity contribution >= 4 is 40.6 Å². The van der Waals surface area contributed by atoms with Crippen LogP contribution in [0.15, 0.2) is 12.1 Å². The highest BCUT2D eigenvalue weighted by atomic mass is 35.5. The van der Waals surface area contributed by atoms with Gasteiger partial charge in [0.15, 0.2) is 0 Å². The Bertz CT molecular complexity index is 320. The van der Waals surface area contributed by atoms with Crippen LogP contribution in [0.1, 0.15) is 9.67 Å². The number of amides is 1. The van der Waals surface area contributed by atoms with E-state index in [1.165, 1.54) is 11.3 Å². The molecule has 1 aliphatic heterocycles. The van der Waals surface area contributed by atoms with Gasteiger partial charge in [-0.3, -0.25) is 4.79 Å². The van der Waals surface area contributed by atoms with E-state index in [2.05, 4.69) is 0 Å². The Morgan fingerprint density at radius 3 is 2.92 bits per heavy atom. The lowest BCUT2D eigenvalue weighted by Gasteiger charge is -2.12. The van der Waals surface area contributed by atoms with Gasteiger partial charge in [0.1, 0.15) is 0 Å². The molecule has 1 amide bonds. The van der Waals surface area contributed by atoms with Crippen LogP contribution in [0.25, 0.3) is 0 Å². The van der Waals surface area contributed by atoms with Crippen LogP contribution in [0.2, 0.25) is 4.34 Å². The maximum Gasteiger partial charge on any atom is 0.264 e. The standard InChI is InChI=1S/C8H8ClNOS2/c9-7-2-1-6(13-7)8(11)10-3-4-12-5-10/h1-2H,3-5H2. The Kier molecular flexibility index (Phi) is 2.81. The van der Waals surface area contributed by atoms with E-state index >= 15 is 0 Å². The average molecular weight is 234 g/mol. The maximum absolute atomic E-state index is 11.7. The molecule has 1 aromatic heterocycles. The predicted molar refractivity (Wildman–Crippen MR) is 57.7 cm³/mol. The summed E-state index contributed by atoms with van der Waals surface area (Å²) >= 11 is 8.89. The lowest BCUT2D eigenvalue weighted by atomic mass is 10.4. The first-order chi connectivity index (χ1) is 6.27. The molecule has 2 nitrogen and oxygen atoms in total. The lowest BCUT2D eigenvalue weighted by Crippen LogP contribution is -2.26. The molecule has 1 aromatic rings. The number of thiophene rings is 1.